The summed E-state index contributed by atoms with van der Waals surface area (Å²) in [6, 6.07) is 4.14. The van der Waals surface area contributed by atoms with Crippen molar-refractivity contribution in [1.82, 2.24) is 19.9 Å². The molecule has 0 radical (unpaired) electrons. The molecule has 1 saturated carbocycles. The molecule has 2 aromatic rings. The number of fused-ring (bicyclic) bond motifs is 1. The van der Waals surface area contributed by atoms with Crippen LogP contribution in [0, 0.1) is 11.8 Å². The van der Waals surface area contributed by atoms with Crippen LogP contribution in [0.15, 0.2) is 16.6 Å². The van der Waals surface area contributed by atoms with Crippen LogP contribution in [0.1, 0.15) is 25.7 Å². The summed E-state index contributed by atoms with van der Waals surface area (Å²) in [6.45, 7) is 4.11. The molecule has 124 valence electrons. The summed E-state index contributed by atoms with van der Waals surface area (Å²) in [6.07, 6.45) is 5.07. The standard InChI is InChI=1S/C17H23BrN4O/c1-21-8-6-13(7-9-21)11-23-15-5-4-14-17(16(15)18)19-20-22(14)10-12-2-3-12/h4-5,12-13H,2-3,6-11H2,1H3. The van der Waals surface area contributed by atoms with E-state index in [2.05, 4.69) is 44.3 Å². The minimum Gasteiger partial charge on any atom is -0.492 e. The molecule has 23 heavy (non-hydrogen) atoms. The van der Waals surface area contributed by atoms with Crippen molar-refractivity contribution in [3.8, 4) is 5.75 Å². The van der Waals surface area contributed by atoms with Crippen molar-refractivity contribution >= 4 is 27.0 Å². The van der Waals surface area contributed by atoms with E-state index < -0.39 is 0 Å². The Morgan fingerprint density at radius 3 is 2.70 bits per heavy atom. The molecule has 0 amide bonds. The van der Waals surface area contributed by atoms with Gasteiger partial charge in [-0.25, -0.2) is 4.68 Å². The fourth-order valence-electron chi connectivity index (χ4n) is 3.21. The van der Waals surface area contributed by atoms with Crippen molar-refractivity contribution in [1.29, 1.82) is 0 Å². The molecule has 2 heterocycles. The first-order valence-corrected chi connectivity index (χ1v) is 9.33. The van der Waals surface area contributed by atoms with E-state index >= 15 is 0 Å². The Morgan fingerprint density at radius 1 is 1.17 bits per heavy atom. The molecule has 0 bridgehead atoms. The van der Waals surface area contributed by atoms with Crippen molar-refractivity contribution in [2.24, 2.45) is 11.8 Å². The Hall–Kier alpha value is -1.14. The van der Waals surface area contributed by atoms with E-state index in [0.29, 0.717) is 5.92 Å². The van der Waals surface area contributed by atoms with Gasteiger partial charge < -0.3 is 9.64 Å². The first-order valence-electron chi connectivity index (χ1n) is 8.54. The topological polar surface area (TPSA) is 43.2 Å². The average Bonchev–Trinajstić information content (AvgIpc) is 3.28. The van der Waals surface area contributed by atoms with Crippen molar-refractivity contribution in [3.63, 3.8) is 0 Å². The Labute approximate surface area is 145 Å². The number of nitrogens with zero attached hydrogens (tertiary/aromatic N) is 4. The van der Waals surface area contributed by atoms with Gasteiger partial charge in [0.15, 0.2) is 0 Å². The zero-order valence-corrected chi connectivity index (χ0v) is 15.1. The lowest BCUT2D eigenvalue weighted by atomic mass is 9.98. The van der Waals surface area contributed by atoms with Gasteiger partial charge in [0.25, 0.3) is 0 Å². The monoisotopic (exact) mass is 378 g/mol. The van der Waals surface area contributed by atoms with Gasteiger partial charge in [0, 0.05) is 6.54 Å². The SMILES string of the molecule is CN1CCC(COc2ccc3c(nnn3CC3CC3)c2Br)CC1. The van der Waals surface area contributed by atoms with Crippen LogP contribution in [0.5, 0.6) is 5.75 Å². The summed E-state index contributed by atoms with van der Waals surface area (Å²) in [7, 11) is 2.19. The van der Waals surface area contributed by atoms with E-state index in [9.17, 15) is 0 Å². The van der Waals surface area contributed by atoms with Crippen LogP contribution in [0.2, 0.25) is 0 Å². The van der Waals surface area contributed by atoms with Gasteiger partial charge in [-0.2, -0.15) is 0 Å². The lowest BCUT2D eigenvalue weighted by molar-refractivity contribution is 0.159. The van der Waals surface area contributed by atoms with Gasteiger partial charge in [0.2, 0.25) is 0 Å². The zero-order chi connectivity index (χ0) is 15.8. The fraction of sp³-hybridized carbons (Fsp3) is 0.647. The van der Waals surface area contributed by atoms with Crippen molar-refractivity contribution in [3.05, 3.63) is 16.6 Å². The van der Waals surface area contributed by atoms with Crippen LogP contribution in [-0.2, 0) is 6.54 Å². The quantitative estimate of drug-likeness (QED) is 0.800. The number of hydrogen-bond acceptors (Lipinski definition) is 4. The smallest absolute Gasteiger partial charge is 0.135 e. The van der Waals surface area contributed by atoms with Crippen molar-refractivity contribution in [2.75, 3.05) is 26.7 Å². The summed E-state index contributed by atoms with van der Waals surface area (Å²) < 4.78 is 9.04. The van der Waals surface area contributed by atoms with Crippen LogP contribution in [0.3, 0.4) is 0 Å². The summed E-state index contributed by atoms with van der Waals surface area (Å²) >= 11 is 3.66. The maximum absolute atomic E-state index is 6.08. The molecule has 0 unspecified atom stereocenters. The van der Waals surface area contributed by atoms with E-state index in [-0.39, 0.29) is 0 Å². The van der Waals surface area contributed by atoms with Gasteiger partial charge in [-0.3, -0.25) is 0 Å². The van der Waals surface area contributed by atoms with Gasteiger partial charge in [-0.15, -0.1) is 5.10 Å². The third-order valence-electron chi connectivity index (χ3n) is 5.03. The minimum atomic E-state index is 0.652. The highest BCUT2D eigenvalue weighted by atomic mass is 79.9. The van der Waals surface area contributed by atoms with Crippen LogP contribution in [0.25, 0.3) is 11.0 Å². The number of hydrogen-bond donors (Lipinski definition) is 0. The lowest BCUT2D eigenvalue weighted by Crippen LogP contribution is -2.32. The molecular weight excluding hydrogens is 356 g/mol. The molecule has 0 N–H and O–H groups in total. The second-order valence-electron chi connectivity index (χ2n) is 7.02. The largest absolute Gasteiger partial charge is 0.492 e. The summed E-state index contributed by atoms with van der Waals surface area (Å²) in [5.41, 5.74) is 2.00. The van der Waals surface area contributed by atoms with E-state index in [4.69, 9.17) is 4.74 Å². The minimum absolute atomic E-state index is 0.652. The molecular formula is C17H23BrN4O. The number of aromatic nitrogens is 3. The predicted molar refractivity (Wildman–Crippen MR) is 93.7 cm³/mol. The zero-order valence-electron chi connectivity index (χ0n) is 13.5. The van der Waals surface area contributed by atoms with Gasteiger partial charge in [-0.1, -0.05) is 5.21 Å². The van der Waals surface area contributed by atoms with E-state index in [0.717, 1.165) is 40.3 Å². The highest BCUT2D eigenvalue weighted by Gasteiger charge is 2.24. The van der Waals surface area contributed by atoms with E-state index in [1.54, 1.807) is 0 Å². The van der Waals surface area contributed by atoms with Gasteiger partial charge >= 0.3 is 0 Å². The van der Waals surface area contributed by atoms with Crippen LogP contribution < -0.4 is 4.74 Å². The molecule has 1 aliphatic carbocycles. The maximum Gasteiger partial charge on any atom is 0.135 e. The molecule has 1 aromatic heterocycles. The van der Waals surface area contributed by atoms with Crippen LogP contribution in [0.4, 0.5) is 0 Å². The number of rotatable bonds is 5. The number of ether oxygens (including phenoxy) is 1. The third kappa shape index (κ3) is 3.38. The second-order valence-corrected chi connectivity index (χ2v) is 7.81. The molecule has 2 aliphatic rings. The van der Waals surface area contributed by atoms with E-state index in [1.165, 1.54) is 38.8 Å². The van der Waals surface area contributed by atoms with Gasteiger partial charge in [-0.05, 0) is 85.7 Å². The summed E-state index contributed by atoms with van der Waals surface area (Å²) in [5, 5.41) is 8.66. The van der Waals surface area contributed by atoms with Crippen LogP contribution in [-0.4, -0.2) is 46.6 Å². The molecule has 0 atom stereocenters. The Balaban J connectivity index is 1.46. The van der Waals surface area contributed by atoms with Crippen molar-refractivity contribution < 1.29 is 4.74 Å². The molecule has 2 fully saturated rings. The van der Waals surface area contributed by atoms with Gasteiger partial charge in [0.05, 0.1) is 16.6 Å². The normalized spacial score (nSPS) is 20.3. The Kier molecular flexibility index (Phi) is 4.28. The number of halogens is 1. The fourth-order valence-corrected chi connectivity index (χ4v) is 3.74. The molecule has 0 spiro atoms. The molecule has 6 heteroatoms. The average molecular weight is 379 g/mol. The first-order chi connectivity index (χ1) is 11.2. The molecule has 1 saturated heterocycles. The summed E-state index contributed by atoms with van der Waals surface area (Å²) in [5.74, 6) is 2.33. The predicted octanol–water partition coefficient (Wildman–Crippen LogP) is 3.32. The third-order valence-corrected chi connectivity index (χ3v) is 5.80. The molecule has 1 aliphatic heterocycles. The lowest BCUT2D eigenvalue weighted by Gasteiger charge is -2.28. The highest BCUT2D eigenvalue weighted by Crippen LogP contribution is 2.35. The molecule has 4 rings (SSSR count). The number of piperidine rings is 1. The molecule has 1 aromatic carbocycles. The first kappa shape index (κ1) is 15.4. The summed E-state index contributed by atoms with van der Waals surface area (Å²) in [4.78, 5) is 2.39. The van der Waals surface area contributed by atoms with Crippen LogP contribution >= 0.6 is 15.9 Å². The Bertz CT molecular complexity index is 689. The number of likely N-dealkylation sites (tertiary alicyclic amines) is 1. The van der Waals surface area contributed by atoms with Crippen molar-refractivity contribution in [2.45, 2.75) is 32.2 Å². The highest BCUT2D eigenvalue weighted by molar-refractivity contribution is 9.10. The van der Waals surface area contributed by atoms with Gasteiger partial charge in [0.1, 0.15) is 11.3 Å². The maximum atomic E-state index is 6.08. The number of benzene rings is 1. The second kappa shape index (κ2) is 6.40. The van der Waals surface area contributed by atoms with E-state index in [1.807, 2.05) is 10.7 Å². The Morgan fingerprint density at radius 2 is 1.96 bits per heavy atom. The molecule has 5 nitrogen and oxygen atoms in total.